The van der Waals surface area contributed by atoms with Crippen molar-refractivity contribution >= 4 is 11.8 Å². The third-order valence-electron chi connectivity index (χ3n) is 3.80. The van der Waals surface area contributed by atoms with Crippen molar-refractivity contribution < 1.29 is 0 Å². The third kappa shape index (κ3) is 7.68. The summed E-state index contributed by atoms with van der Waals surface area (Å²) in [5.74, 6) is 2.31. The normalized spacial score (nSPS) is 19.3. The molecule has 2 heteroatoms. The predicted octanol–water partition coefficient (Wildman–Crippen LogP) is 4.86. The molecule has 1 nitrogen and oxygen atoms in total. The van der Waals surface area contributed by atoms with Gasteiger partial charge in [-0.2, -0.15) is 11.8 Å². The fourth-order valence-corrected chi connectivity index (χ4v) is 3.67. The van der Waals surface area contributed by atoms with Gasteiger partial charge in [-0.05, 0) is 31.7 Å². The van der Waals surface area contributed by atoms with Crippen molar-refractivity contribution in [2.75, 3.05) is 12.3 Å². The van der Waals surface area contributed by atoms with Gasteiger partial charge < -0.3 is 5.32 Å². The van der Waals surface area contributed by atoms with Crippen LogP contribution >= 0.6 is 11.8 Å². The molecule has 1 saturated carbocycles. The highest BCUT2D eigenvalue weighted by Gasteiger charge is 2.19. The topological polar surface area (TPSA) is 12.0 Å². The Balaban J connectivity index is 2.24. The maximum atomic E-state index is 3.75. The van der Waals surface area contributed by atoms with Gasteiger partial charge >= 0.3 is 0 Å². The molecule has 1 rings (SSSR count). The van der Waals surface area contributed by atoms with E-state index >= 15 is 0 Å². The van der Waals surface area contributed by atoms with Crippen LogP contribution in [-0.4, -0.2) is 23.1 Å². The van der Waals surface area contributed by atoms with E-state index < -0.39 is 0 Å². The van der Waals surface area contributed by atoms with E-state index in [2.05, 4.69) is 44.8 Å². The van der Waals surface area contributed by atoms with Gasteiger partial charge in [0.15, 0.2) is 0 Å². The molecule has 1 unspecified atom stereocenters. The van der Waals surface area contributed by atoms with Gasteiger partial charge in [0, 0.05) is 16.5 Å². The second-order valence-electron chi connectivity index (χ2n) is 6.80. The Morgan fingerprint density at radius 3 is 2.44 bits per heavy atom. The van der Waals surface area contributed by atoms with Crippen LogP contribution < -0.4 is 5.32 Å². The zero-order valence-corrected chi connectivity index (χ0v) is 13.7. The lowest BCUT2D eigenvalue weighted by atomic mass is 9.99. The molecule has 1 aliphatic carbocycles. The molecular formula is C16H33NS. The van der Waals surface area contributed by atoms with Crippen LogP contribution in [0.1, 0.15) is 72.6 Å². The smallest absolute Gasteiger partial charge is 0.0158 e. The van der Waals surface area contributed by atoms with Crippen LogP contribution in [0.5, 0.6) is 0 Å². The fraction of sp³-hybridized carbons (Fsp3) is 1.00. The summed E-state index contributed by atoms with van der Waals surface area (Å²) in [5.41, 5.74) is 0. The summed E-state index contributed by atoms with van der Waals surface area (Å²) < 4.78 is 0.402. The van der Waals surface area contributed by atoms with E-state index in [-0.39, 0.29) is 0 Å². The quantitative estimate of drug-likeness (QED) is 0.677. The van der Waals surface area contributed by atoms with Crippen molar-refractivity contribution in [1.29, 1.82) is 0 Å². The highest BCUT2D eigenvalue weighted by Crippen LogP contribution is 2.30. The van der Waals surface area contributed by atoms with Crippen molar-refractivity contribution in [3.63, 3.8) is 0 Å². The van der Waals surface area contributed by atoms with E-state index in [1.807, 2.05) is 0 Å². The van der Waals surface area contributed by atoms with Crippen LogP contribution in [0.15, 0.2) is 0 Å². The molecular weight excluding hydrogens is 238 g/mol. The molecule has 1 N–H and O–H groups in total. The van der Waals surface area contributed by atoms with Gasteiger partial charge in [0.2, 0.25) is 0 Å². The number of rotatable bonds is 8. The molecule has 1 atom stereocenters. The Morgan fingerprint density at radius 2 is 1.89 bits per heavy atom. The first-order chi connectivity index (χ1) is 8.51. The van der Waals surface area contributed by atoms with E-state index in [9.17, 15) is 0 Å². The van der Waals surface area contributed by atoms with Crippen LogP contribution in [0.2, 0.25) is 0 Å². The van der Waals surface area contributed by atoms with Crippen molar-refractivity contribution in [3.8, 4) is 0 Å². The molecule has 1 aliphatic rings. The van der Waals surface area contributed by atoms with Gasteiger partial charge in [0.1, 0.15) is 0 Å². The lowest BCUT2D eigenvalue weighted by molar-refractivity contribution is 0.423. The largest absolute Gasteiger partial charge is 0.313 e. The zero-order valence-electron chi connectivity index (χ0n) is 12.9. The molecule has 0 saturated heterocycles. The minimum atomic E-state index is 0.402. The summed E-state index contributed by atoms with van der Waals surface area (Å²) in [6.45, 7) is 10.4. The molecule has 18 heavy (non-hydrogen) atoms. The Bertz CT molecular complexity index is 204. The molecule has 0 aromatic carbocycles. The van der Waals surface area contributed by atoms with E-state index in [0.29, 0.717) is 4.75 Å². The first kappa shape index (κ1) is 16.4. The Morgan fingerprint density at radius 1 is 1.22 bits per heavy atom. The average molecular weight is 272 g/mol. The zero-order chi connectivity index (χ0) is 13.4. The van der Waals surface area contributed by atoms with Crippen molar-refractivity contribution in [1.82, 2.24) is 5.32 Å². The highest BCUT2D eigenvalue weighted by molar-refractivity contribution is 8.00. The van der Waals surface area contributed by atoms with Crippen LogP contribution in [0.25, 0.3) is 0 Å². The Hall–Kier alpha value is 0.310. The van der Waals surface area contributed by atoms with Gasteiger partial charge in [0.05, 0.1) is 0 Å². The minimum Gasteiger partial charge on any atom is -0.313 e. The lowest BCUT2D eigenvalue weighted by Gasteiger charge is -2.24. The standard InChI is InChI=1S/C16H33NS/c1-5-12-17-15(13-18-16(2,3)4)11-10-14-8-6-7-9-14/h14-15,17H,5-13H2,1-4H3. The molecule has 0 aliphatic heterocycles. The summed E-state index contributed by atoms with van der Waals surface area (Å²) in [7, 11) is 0. The monoisotopic (exact) mass is 271 g/mol. The predicted molar refractivity (Wildman–Crippen MR) is 85.5 cm³/mol. The first-order valence-corrected chi connectivity index (χ1v) is 8.87. The van der Waals surface area contributed by atoms with Gasteiger partial charge in [-0.3, -0.25) is 0 Å². The molecule has 108 valence electrons. The summed E-state index contributed by atoms with van der Waals surface area (Å²) in [6.07, 6.45) is 10.0. The van der Waals surface area contributed by atoms with Gasteiger partial charge in [-0.25, -0.2) is 0 Å². The Kier molecular flexibility index (Phi) is 7.70. The fourth-order valence-electron chi connectivity index (χ4n) is 2.68. The van der Waals surface area contributed by atoms with E-state index in [4.69, 9.17) is 0 Å². The van der Waals surface area contributed by atoms with Gasteiger partial charge in [0.25, 0.3) is 0 Å². The molecule has 0 bridgehead atoms. The van der Waals surface area contributed by atoms with Crippen LogP contribution in [0.3, 0.4) is 0 Å². The van der Waals surface area contributed by atoms with Crippen molar-refractivity contribution in [3.05, 3.63) is 0 Å². The molecule has 0 radical (unpaired) electrons. The number of hydrogen-bond donors (Lipinski definition) is 1. The summed E-state index contributed by atoms with van der Waals surface area (Å²) in [6, 6.07) is 0.731. The average Bonchev–Trinajstić information content (AvgIpc) is 2.79. The van der Waals surface area contributed by atoms with Crippen LogP contribution in [-0.2, 0) is 0 Å². The van der Waals surface area contributed by atoms with E-state index in [0.717, 1.165) is 12.0 Å². The molecule has 0 amide bonds. The van der Waals surface area contributed by atoms with Crippen LogP contribution in [0, 0.1) is 5.92 Å². The number of nitrogens with one attached hydrogen (secondary N) is 1. The van der Waals surface area contributed by atoms with Crippen molar-refractivity contribution in [2.24, 2.45) is 5.92 Å². The molecule has 0 spiro atoms. The maximum absolute atomic E-state index is 3.75. The number of thioether (sulfide) groups is 1. The SMILES string of the molecule is CCCNC(CCC1CCCC1)CSC(C)(C)C. The maximum Gasteiger partial charge on any atom is 0.0158 e. The Labute approximate surface area is 119 Å². The summed E-state index contributed by atoms with van der Waals surface area (Å²) >= 11 is 2.11. The van der Waals surface area contributed by atoms with E-state index in [1.54, 1.807) is 0 Å². The van der Waals surface area contributed by atoms with Gasteiger partial charge in [-0.1, -0.05) is 53.4 Å². The molecule has 1 fully saturated rings. The second-order valence-corrected chi connectivity index (χ2v) is 8.65. The molecule has 0 aromatic rings. The first-order valence-electron chi connectivity index (χ1n) is 7.88. The lowest BCUT2D eigenvalue weighted by Crippen LogP contribution is -2.33. The third-order valence-corrected chi connectivity index (χ3v) is 5.23. The second kappa shape index (κ2) is 8.47. The number of hydrogen-bond acceptors (Lipinski definition) is 2. The highest BCUT2D eigenvalue weighted by atomic mass is 32.2. The summed E-state index contributed by atoms with van der Waals surface area (Å²) in [4.78, 5) is 0. The van der Waals surface area contributed by atoms with Crippen molar-refractivity contribution in [2.45, 2.75) is 83.4 Å². The van der Waals surface area contributed by atoms with Crippen LogP contribution in [0.4, 0.5) is 0 Å². The minimum absolute atomic E-state index is 0.402. The van der Waals surface area contributed by atoms with E-state index in [1.165, 1.54) is 57.2 Å². The molecule has 0 heterocycles. The van der Waals surface area contributed by atoms with Gasteiger partial charge in [-0.15, -0.1) is 0 Å². The summed E-state index contributed by atoms with van der Waals surface area (Å²) in [5, 5.41) is 3.75. The molecule has 0 aromatic heterocycles.